The molecule has 0 atom stereocenters. The summed E-state index contributed by atoms with van der Waals surface area (Å²) in [5, 5.41) is 4.22. The van der Waals surface area contributed by atoms with Gasteiger partial charge >= 0.3 is 0 Å². The van der Waals surface area contributed by atoms with E-state index < -0.39 is 5.91 Å². The van der Waals surface area contributed by atoms with Gasteiger partial charge in [0.1, 0.15) is 11.2 Å². The third-order valence-electron chi connectivity index (χ3n) is 5.20. The highest BCUT2D eigenvalue weighted by atomic mass is 35.5. The molecule has 0 aliphatic carbocycles. The molecule has 0 radical (unpaired) electrons. The molecule has 1 N–H and O–H groups in total. The van der Waals surface area contributed by atoms with Crippen molar-refractivity contribution in [2.75, 3.05) is 5.32 Å². The van der Waals surface area contributed by atoms with Gasteiger partial charge in [0, 0.05) is 22.3 Å². The Hall–Kier alpha value is -3.44. The van der Waals surface area contributed by atoms with Crippen LogP contribution in [0.1, 0.15) is 27.0 Å². The van der Waals surface area contributed by atoms with Crippen LogP contribution in [0.25, 0.3) is 11.0 Å². The van der Waals surface area contributed by atoms with E-state index in [0.717, 1.165) is 22.1 Å². The molecule has 0 fully saturated rings. The maximum Gasteiger partial charge on any atom is 0.265 e. The zero-order valence-corrected chi connectivity index (χ0v) is 17.4. The fourth-order valence-electron chi connectivity index (χ4n) is 3.36. The van der Waals surface area contributed by atoms with Crippen molar-refractivity contribution in [2.24, 2.45) is 0 Å². The Kier molecular flexibility index (Phi) is 5.38. The standard InChI is InChI=1S/C24H20ClN3O2/c1-15-5-3-7-21(16(15)2)27-23(29)20-13-18-6-4-12-26-22(18)28(24(20)30)14-17-8-10-19(25)11-9-17/h3-13H,14H2,1-2H3,(H,27,29). The average molecular weight is 418 g/mol. The van der Waals surface area contributed by atoms with Crippen molar-refractivity contribution in [3.05, 3.63) is 104 Å². The first kappa shape index (κ1) is 19.9. The van der Waals surface area contributed by atoms with Crippen LogP contribution in [0.15, 0.2) is 71.7 Å². The average Bonchev–Trinajstić information content (AvgIpc) is 2.74. The van der Waals surface area contributed by atoms with Gasteiger partial charge in [-0.1, -0.05) is 35.9 Å². The lowest BCUT2D eigenvalue weighted by Crippen LogP contribution is -2.30. The predicted octanol–water partition coefficient (Wildman–Crippen LogP) is 4.97. The summed E-state index contributed by atoms with van der Waals surface area (Å²) in [6.45, 7) is 4.20. The van der Waals surface area contributed by atoms with Crippen molar-refractivity contribution >= 4 is 34.2 Å². The second kappa shape index (κ2) is 8.13. The number of fused-ring (bicyclic) bond motifs is 1. The normalized spacial score (nSPS) is 10.9. The summed E-state index contributed by atoms with van der Waals surface area (Å²) in [5.74, 6) is -0.440. The highest BCUT2D eigenvalue weighted by Gasteiger charge is 2.17. The highest BCUT2D eigenvalue weighted by Crippen LogP contribution is 2.20. The van der Waals surface area contributed by atoms with Crippen molar-refractivity contribution in [1.29, 1.82) is 0 Å². The number of pyridine rings is 2. The fourth-order valence-corrected chi connectivity index (χ4v) is 3.49. The molecule has 0 spiro atoms. The molecule has 30 heavy (non-hydrogen) atoms. The number of aromatic nitrogens is 2. The molecule has 2 heterocycles. The Bertz CT molecular complexity index is 1310. The number of nitrogens with one attached hydrogen (secondary N) is 1. The third kappa shape index (κ3) is 3.84. The van der Waals surface area contributed by atoms with Gasteiger partial charge in [0.2, 0.25) is 0 Å². The van der Waals surface area contributed by atoms with E-state index in [0.29, 0.717) is 16.4 Å². The molecule has 2 aromatic heterocycles. The number of carbonyl (C=O) groups is 1. The first-order valence-electron chi connectivity index (χ1n) is 9.54. The van der Waals surface area contributed by atoms with E-state index in [1.807, 2.05) is 50.2 Å². The number of anilines is 1. The number of amides is 1. The summed E-state index contributed by atoms with van der Waals surface area (Å²) in [6.07, 6.45) is 1.63. The molecule has 0 aliphatic heterocycles. The lowest BCUT2D eigenvalue weighted by molar-refractivity contribution is 0.102. The largest absolute Gasteiger partial charge is 0.322 e. The summed E-state index contributed by atoms with van der Waals surface area (Å²) in [4.78, 5) is 30.7. The molecular weight excluding hydrogens is 398 g/mol. The Morgan fingerprint density at radius 3 is 2.60 bits per heavy atom. The molecule has 4 aromatic rings. The zero-order valence-electron chi connectivity index (χ0n) is 16.6. The summed E-state index contributed by atoms with van der Waals surface area (Å²) in [7, 11) is 0. The van der Waals surface area contributed by atoms with E-state index in [9.17, 15) is 9.59 Å². The quantitative estimate of drug-likeness (QED) is 0.510. The van der Waals surface area contributed by atoms with Crippen molar-refractivity contribution < 1.29 is 4.79 Å². The molecule has 2 aromatic carbocycles. The van der Waals surface area contributed by atoms with E-state index in [2.05, 4.69) is 10.3 Å². The number of hydrogen-bond acceptors (Lipinski definition) is 3. The third-order valence-corrected chi connectivity index (χ3v) is 5.45. The van der Waals surface area contributed by atoms with Gasteiger partial charge in [-0.3, -0.25) is 14.2 Å². The van der Waals surface area contributed by atoms with Crippen molar-refractivity contribution in [1.82, 2.24) is 9.55 Å². The molecule has 0 aliphatic rings. The van der Waals surface area contributed by atoms with E-state index in [-0.39, 0.29) is 17.7 Å². The Morgan fingerprint density at radius 2 is 1.83 bits per heavy atom. The van der Waals surface area contributed by atoms with Crippen molar-refractivity contribution in [3.8, 4) is 0 Å². The van der Waals surface area contributed by atoms with Gasteiger partial charge < -0.3 is 5.32 Å². The Balaban J connectivity index is 1.79. The monoisotopic (exact) mass is 417 g/mol. The van der Waals surface area contributed by atoms with Crippen molar-refractivity contribution in [2.45, 2.75) is 20.4 Å². The highest BCUT2D eigenvalue weighted by molar-refractivity contribution is 6.30. The maximum atomic E-state index is 13.3. The lowest BCUT2D eigenvalue weighted by atomic mass is 10.1. The minimum absolute atomic E-state index is 0.0744. The molecule has 4 rings (SSSR count). The van der Waals surface area contributed by atoms with Crippen LogP contribution in [0.5, 0.6) is 0 Å². The predicted molar refractivity (Wildman–Crippen MR) is 120 cm³/mol. The van der Waals surface area contributed by atoms with Gasteiger partial charge in [-0.15, -0.1) is 0 Å². The Morgan fingerprint density at radius 1 is 1.07 bits per heavy atom. The fraction of sp³-hybridized carbons (Fsp3) is 0.125. The van der Waals surface area contributed by atoms with Crippen LogP contribution < -0.4 is 10.9 Å². The molecule has 0 saturated carbocycles. The minimum Gasteiger partial charge on any atom is -0.322 e. The van der Waals surface area contributed by atoms with E-state index in [1.54, 1.807) is 30.5 Å². The van der Waals surface area contributed by atoms with Gasteiger partial charge in [0.15, 0.2) is 0 Å². The van der Waals surface area contributed by atoms with Crippen LogP contribution in [-0.4, -0.2) is 15.5 Å². The molecular formula is C24H20ClN3O2. The smallest absolute Gasteiger partial charge is 0.265 e. The van der Waals surface area contributed by atoms with Gasteiger partial charge in [-0.2, -0.15) is 0 Å². The molecule has 6 heteroatoms. The van der Waals surface area contributed by atoms with E-state index in [1.165, 1.54) is 4.57 Å². The van der Waals surface area contributed by atoms with Crippen LogP contribution in [-0.2, 0) is 6.54 Å². The van der Waals surface area contributed by atoms with Gasteiger partial charge in [-0.05, 0) is 66.9 Å². The number of nitrogens with zero attached hydrogens (tertiary/aromatic N) is 2. The van der Waals surface area contributed by atoms with Gasteiger partial charge in [0.25, 0.3) is 11.5 Å². The van der Waals surface area contributed by atoms with E-state index >= 15 is 0 Å². The number of rotatable bonds is 4. The first-order chi connectivity index (χ1) is 14.4. The minimum atomic E-state index is -0.440. The zero-order chi connectivity index (χ0) is 21.3. The Labute approximate surface area is 179 Å². The van der Waals surface area contributed by atoms with Crippen molar-refractivity contribution in [3.63, 3.8) is 0 Å². The maximum absolute atomic E-state index is 13.3. The van der Waals surface area contributed by atoms with Crippen LogP contribution in [0.4, 0.5) is 5.69 Å². The molecule has 0 unspecified atom stereocenters. The van der Waals surface area contributed by atoms with E-state index in [4.69, 9.17) is 11.6 Å². The first-order valence-corrected chi connectivity index (χ1v) is 9.92. The van der Waals surface area contributed by atoms with Crippen LogP contribution in [0.2, 0.25) is 5.02 Å². The SMILES string of the molecule is Cc1cccc(NC(=O)c2cc3cccnc3n(Cc3ccc(Cl)cc3)c2=O)c1C. The number of benzene rings is 2. The molecule has 0 saturated heterocycles. The van der Waals surface area contributed by atoms with Crippen LogP contribution in [0.3, 0.4) is 0 Å². The lowest BCUT2D eigenvalue weighted by Gasteiger charge is -2.14. The summed E-state index contributed by atoms with van der Waals surface area (Å²) in [5.41, 5.74) is 3.82. The number of aryl methyl sites for hydroxylation is 1. The van der Waals surface area contributed by atoms with Crippen LogP contribution in [0, 0.1) is 13.8 Å². The summed E-state index contributed by atoms with van der Waals surface area (Å²) >= 11 is 5.97. The molecule has 1 amide bonds. The topological polar surface area (TPSA) is 64.0 Å². The molecule has 5 nitrogen and oxygen atoms in total. The van der Waals surface area contributed by atoms with Gasteiger partial charge in [-0.25, -0.2) is 4.98 Å². The second-order valence-electron chi connectivity index (χ2n) is 7.19. The van der Waals surface area contributed by atoms with Crippen LogP contribution >= 0.6 is 11.6 Å². The number of hydrogen-bond donors (Lipinski definition) is 1. The summed E-state index contributed by atoms with van der Waals surface area (Å²) < 4.78 is 1.52. The second-order valence-corrected chi connectivity index (χ2v) is 7.63. The van der Waals surface area contributed by atoms with Gasteiger partial charge in [0.05, 0.1) is 6.54 Å². The summed E-state index contributed by atoms with van der Waals surface area (Å²) in [6, 6.07) is 18.2. The molecule has 150 valence electrons. The number of halogens is 1. The number of carbonyl (C=O) groups excluding carboxylic acids is 1. The molecule has 0 bridgehead atoms.